The third-order valence-corrected chi connectivity index (χ3v) is 2.63. The number of rotatable bonds is 3. The molecule has 0 aromatic rings. The van der Waals surface area contributed by atoms with E-state index in [1.165, 1.54) is 0 Å². The number of hydrogen-bond donors (Lipinski definition) is 1. The molecule has 0 unspecified atom stereocenters. The first-order valence-electron chi connectivity index (χ1n) is 3.95. The van der Waals surface area contributed by atoms with E-state index >= 15 is 0 Å². The zero-order chi connectivity index (χ0) is 13.9. The highest BCUT2D eigenvalue weighted by molar-refractivity contribution is 7.90. The number of allylic oxidation sites excluding steroid dienone is 2. The van der Waals surface area contributed by atoms with Gasteiger partial charge < -0.3 is 0 Å². The Bertz CT molecular complexity index is 703. The number of carbonyl (C=O) groups is 2. The van der Waals surface area contributed by atoms with Gasteiger partial charge in [-0.15, -0.1) is 0 Å². The van der Waals surface area contributed by atoms with Gasteiger partial charge in [0, 0.05) is 15.9 Å². The van der Waals surface area contributed by atoms with Gasteiger partial charge in [-0.25, -0.2) is 0 Å². The minimum absolute atomic E-state index is 0.418. The van der Waals surface area contributed by atoms with Gasteiger partial charge in [0.2, 0.25) is 11.6 Å². The Kier molecular flexibility index (Phi) is 3.50. The Morgan fingerprint density at radius 3 is 2.17 bits per heavy atom. The van der Waals surface area contributed by atoms with Gasteiger partial charge in [-0.3, -0.25) is 14.1 Å². The maximum Gasteiger partial charge on any atom is 0.295 e. The summed E-state index contributed by atoms with van der Waals surface area (Å²) < 4.78 is 31.0. The van der Waals surface area contributed by atoms with E-state index in [2.05, 4.69) is 20.1 Å². The van der Waals surface area contributed by atoms with Crippen molar-refractivity contribution in [1.82, 2.24) is 0 Å². The van der Waals surface area contributed by atoms with Crippen molar-refractivity contribution < 1.29 is 22.6 Å². The number of ketones is 2. The van der Waals surface area contributed by atoms with E-state index in [-0.39, 0.29) is 0 Å². The molecule has 0 aromatic carbocycles. The van der Waals surface area contributed by atoms with Crippen LogP contribution in [0.2, 0.25) is 0 Å². The molecule has 0 saturated carbocycles. The van der Waals surface area contributed by atoms with Crippen LogP contribution in [-0.2, 0) is 19.7 Å². The summed E-state index contributed by atoms with van der Waals surface area (Å²) in [7, 11) is -5.02. The van der Waals surface area contributed by atoms with E-state index in [1.54, 1.807) is 0 Å². The largest absolute Gasteiger partial charge is 0.295 e. The van der Waals surface area contributed by atoms with Gasteiger partial charge in [0.1, 0.15) is 10.6 Å². The van der Waals surface area contributed by atoms with Crippen molar-refractivity contribution in [2.75, 3.05) is 0 Å². The highest BCUT2D eigenvalue weighted by Gasteiger charge is 2.34. The van der Waals surface area contributed by atoms with Crippen LogP contribution < -0.4 is 0 Å². The fourth-order valence-corrected chi connectivity index (χ4v) is 1.85. The van der Waals surface area contributed by atoms with Crippen LogP contribution in [0.25, 0.3) is 20.9 Å². The van der Waals surface area contributed by atoms with E-state index in [9.17, 15) is 18.0 Å². The molecule has 0 aromatic heterocycles. The van der Waals surface area contributed by atoms with E-state index in [0.29, 0.717) is 6.08 Å². The summed E-state index contributed by atoms with van der Waals surface area (Å²) in [5.74, 6) is -2.68. The first-order chi connectivity index (χ1) is 8.32. The fraction of sp³-hybridized carbons (Fsp3) is 0. The van der Waals surface area contributed by atoms with Crippen LogP contribution in [0.15, 0.2) is 32.6 Å². The second-order valence-electron chi connectivity index (χ2n) is 2.75. The lowest BCUT2D eigenvalue weighted by Crippen LogP contribution is -2.23. The molecule has 0 fully saturated rings. The summed E-state index contributed by atoms with van der Waals surface area (Å²) in [6, 6.07) is 0. The summed E-state index contributed by atoms with van der Waals surface area (Å²) >= 11 is 0. The molecular formula is C6H2N6O5S. The second kappa shape index (κ2) is 4.69. The van der Waals surface area contributed by atoms with Crippen molar-refractivity contribution in [3.8, 4) is 0 Å². The molecule has 0 saturated heterocycles. The van der Waals surface area contributed by atoms with Gasteiger partial charge in [-0.2, -0.15) is 8.42 Å². The van der Waals surface area contributed by atoms with Crippen LogP contribution in [0.5, 0.6) is 0 Å². The molecule has 0 bridgehead atoms. The quantitative estimate of drug-likeness (QED) is 0.197. The van der Waals surface area contributed by atoms with Crippen molar-refractivity contribution in [2.24, 2.45) is 10.2 Å². The summed E-state index contributed by atoms with van der Waals surface area (Å²) in [5, 5.41) is 5.56. The Balaban J connectivity index is 3.80. The van der Waals surface area contributed by atoms with Gasteiger partial charge in [0.05, 0.1) is 5.70 Å². The highest BCUT2D eigenvalue weighted by atomic mass is 32.2. The Morgan fingerprint density at radius 1 is 1.17 bits per heavy atom. The van der Waals surface area contributed by atoms with Gasteiger partial charge in [0.15, 0.2) is 0 Å². The van der Waals surface area contributed by atoms with Crippen molar-refractivity contribution in [2.45, 2.75) is 0 Å². The Morgan fingerprint density at radius 2 is 1.72 bits per heavy atom. The molecule has 0 amide bonds. The monoisotopic (exact) mass is 270 g/mol. The molecule has 0 atom stereocenters. The van der Waals surface area contributed by atoms with E-state index in [0.717, 1.165) is 0 Å². The third kappa shape index (κ3) is 2.36. The molecule has 0 heterocycles. The molecule has 12 heteroatoms. The predicted octanol–water partition coefficient (Wildman–Crippen LogP) is 0.742. The molecule has 1 N–H and O–H groups in total. The second-order valence-corrected chi connectivity index (χ2v) is 4.11. The van der Waals surface area contributed by atoms with Crippen molar-refractivity contribution in [3.63, 3.8) is 0 Å². The van der Waals surface area contributed by atoms with Crippen LogP contribution in [0.4, 0.5) is 0 Å². The number of carbonyl (C=O) groups excluding carboxylic acids is 2. The Labute approximate surface area is 98.4 Å². The smallest absolute Gasteiger partial charge is 0.286 e. The molecule has 1 aliphatic rings. The lowest BCUT2D eigenvalue weighted by Gasteiger charge is -2.11. The zero-order valence-electron chi connectivity index (χ0n) is 8.25. The maximum absolute atomic E-state index is 11.3. The molecular weight excluding hydrogens is 268 g/mol. The summed E-state index contributed by atoms with van der Waals surface area (Å²) in [6.07, 6.45) is 0.418. The first-order valence-corrected chi connectivity index (χ1v) is 5.39. The van der Waals surface area contributed by atoms with Gasteiger partial charge >= 0.3 is 0 Å². The summed E-state index contributed by atoms with van der Waals surface area (Å²) in [6.45, 7) is 0. The molecule has 18 heavy (non-hydrogen) atoms. The fourth-order valence-electron chi connectivity index (χ4n) is 1.11. The minimum atomic E-state index is -5.02. The third-order valence-electron chi connectivity index (χ3n) is 1.71. The number of azide groups is 2. The standard InChI is InChI=1S/C6H2N6O5S/c7-11-9-2-1-3(13)5(14)4(10-12-8)6(2)18(15,16)17/h1H,(H,15,16,17). The Hall–Kier alpha value is -2.65. The van der Waals surface area contributed by atoms with E-state index < -0.39 is 38.0 Å². The van der Waals surface area contributed by atoms with Crippen LogP contribution in [0.1, 0.15) is 0 Å². The topological polar surface area (TPSA) is 186 Å². The summed E-state index contributed by atoms with van der Waals surface area (Å²) in [4.78, 5) is 25.6. The normalized spacial score (nSPS) is 15.7. The van der Waals surface area contributed by atoms with Gasteiger partial charge in [0.25, 0.3) is 10.1 Å². The molecule has 1 rings (SSSR count). The highest BCUT2D eigenvalue weighted by Crippen LogP contribution is 2.27. The summed E-state index contributed by atoms with van der Waals surface area (Å²) in [5.41, 5.74) is 14.4. The van der Waals surface area contributed by atoms with E-state index in [4.69, 9.17) is 15.6 Å². The van der Waals surface area contributed by atoms with Crippen LogP contribution in [-0.4, -0.2) is 24.5 Å². The zero-order valence-corrected chi connectivity index (χ0v) is 9.07. The van der Waals surface area contributed by atoms with Crippen molar-refractivity contribution in [3.05, 3.63) is 43.3 Å². The average molecular weight is 270 g/mol. The van der Waals surface area contributed by atoms with E-state index in [1.807, 2.05) is 0 Å². The number of hydrogen-bond acceptors (Lipinski definition) is 6. The number of Topliss-reactive ketones (excluding diaryl/α,β-unsaturated/α-hetero) is 1. The molecule has 11 nitrogen and oxygen atoms in total. The van der Waals surface area contributed by atoms with Gasteiger partial charge in [-0.05, 0) is 11.1 Å². The van der Waals surface area contributed by atoms with Crippen LogP contribution in [0.3, 0.4) is 0 Å². The van der Waals surface area contributed by atoms with Crippen LogP contribution >= 0.6 is 0 Å². The molecule has 0 radical (unpaired) electrons. The lowest BCUT2D eigenvalue weighted by molar-refractivity contribution is -0.131. The van der Waals surface area contributed by atoms with Gasteiger partial charge in [-0.1, -0.05) is 10.2 Å². The molecule has 92 valence electrons. The average Bonchev–Trinajstić information content (AvgIpc) is 2.24. The SMILES string of the molecule is [N-]=[N+]=NC1=CC(=O)C(=O)C(N=[N+]=[N-])=C1S(=O)(=O)O. The molecule has 1 aliphatic carbocycles. The number of nitrogens with zero attached hydrogens (tertiary/aromatic N) is 6. The predicted molar refractivity (Wildman–Crippen MR) is 55.0 cm³/mol. The molecule has 0 aliphatic heterocycles. The maximum atomic E-state index is 11.3. The lowest BCUT2D eigenvalue weighted by atomic mass is 10.1. The molecule has 0 spiro atoms. The van der Waals surface area contributed by atoms with Crippen molar-refractivity contribution >= 4 is 21.7 Å². The van der Waals surface area contributed by atoms with Crippen molar-refractivity contribution in [1.29, 1.82) is 0 Å². The minimum Gasteiger partial charge on any atom is -0.286 e. The van der Waals surface area contributed by atoms with Crippen LogP contribution in [0, 0.1) is 0 Å². The first kappa shape index (κ1) is 13.4.